The lowest BCUT2D eigenvalue weighted by Gasteiger charge is -2.11. The summed E-state index contributed by atoms with van der Waals surface area (Å²) in [6.45, 7) is 0. The van der Waals surface area contributed by atoms with E-state index in [1.165, 1.54) is 0 Å². The van der Waals surface area contributed by atoms with Crippen LogP contribution in [0.2, 0.25) is 5.02 Å². The molecule has 6 heteroatoms. The lowest BCUT2D eigenvalue weighted by atomic mass is 10.1. The second-order valence-electron chi connectivity index (χ2n) is 2.39. The summed E-state index contributed by atoms with van der Waals surface area (Å²) in [6, 6.07) is 1.48. The van der Waals surface area contributed by atoms with Gasteiger partial charge in [0.15, 0.2) is 0 Å². The number of anilines is 1. The average Bonchev–Trinajstić information content (AvgIpc) is 1.94. The number of nitrogen functional groups attached to an aromatic ring is 1. The van der Waals surface area contributed by atoms with Crippen molar-refractivity contribution >= 4 is 17.3 Å². The standard InChI is InChI=1S/C7H5ClF3NO/c8-5-2-3(13)1-4(6(5)12)7(9,10)11/h1-2,13H,12H2. The maximum Gasteiger partial charge on any atom is 0.418 e. The Morgan fingerprint density at radius 2 is 1.85 bits per heavy atom. The van der Waals surface area contributed by atoms with Gasteiger partial charge < -0.3 is 10.8 Å². The van der Waals surface area contributed by atoms with E-state index in [9.17, 15) is 13.2 Å². The first-order chi connectivity index (χ1) is 5.82. The van der Waals surface area contributed by atoms with Gasteiger partial charge in [-0.05, 0) is 6.07 Å². The molecule has 1 aromatic carbocycles. The zero-order valence-corrected chi connectivity index (χ0v) is 6.95. The monoisotopic (exact) mass is 211 g/mol. The highest BCUT2D eigenvalue weighted by Crippen LogP contribution is 2.39. The zero-order chi connectivity index (χ0) is 10.2. The largest absolute Gasteiger partial charge is 0.508 e. The highest BCUT2D eigenvalue weighted by molar-refractivity contribution is 6.33. The molecule has 0 fully saturated rings. The quantitative estimate of drug-likeness (QED) is 0.512. The van der Waals surface area contributed by atoms with Crippen molar-refractivity contribution in [1.29, 1.82) is 0 Å². The van der Waals surface area contributed by atoms with E-state index in [0.717, 1.165) is 6.07 Å². The van der Waals surface area contributed by atoms with Gasteiger partial charge in [-0.15, -0.1) is 0 Å². The molecule has 72 valence electrons. The van der Waals surface area contributed by atoms with E-state index < -0.39 is 23.2 Å². The number of hydrogen-bond acceptors (Lipinski definition) is 2. The molecule has 0 saturated carbocycles. The van der Waals surface area contributed by atoms with Gasteiger partial charge in [-0.2, -0.15) is 13.2 Å². The van der Waals surface area contributed by atoms with Crippen molar-refractivity contribution in [2.24, 2.45) is 0 Å². The van der Waals surface area contributed by atoms with Crippen LogP contribution in [-0.2, 0) is 6.18 Å². The molecule has 0 bridgehead atoms. The Bertz CT molecular complexity index is 337. The third-order valence-electron chi connectivity index (χ3n) is 1.42. The SMILES string of the molecule is Nc1c(Cl)cc(O)cc1C(F)(F)F. The molecule has 0 aliphatic carbocycles. The number of nitrogens with two attached hydrogens (primary N) is 1. The van der Waals surface area contributed by atoms with Crippen LogP contribution in [0, 0.1) is 0 Å². The molecular formula is C7H5ClF3NO. The normalized spacial score (nSPS) is 11.7. The molecule has 0 heterocycles. The van der Waals surface area contributed by atoms with E-state index in [0.29, 0.717) is 6.07 Å². The first-order valence-electron chi connectivity index (χ1n) is 3.17. The van der Waals surface area contributed by atoms with Crippen LogP contribution in [0.5, 0.6) is 5.75 Å². The molecule has 2 nitrogen and oxygen atoms in total. The minimum Gasteiger partial charge on any atom is -0.508 e. The number of benzene rings is 1. The second-order valence-corrected chi connectivity index (χ2v) is 2.79. The van der Waals surface area contributed by atoms with Crippen LogP contribution < -0.4 is 5.73 Å². The van der Waals surface area contributed by atoms with Crippen LogP contribution in [0.1, 0.15) is 5.56 Å². The van der Waals surface area contributed by atoms with Crippen LogP contribution in [0.15, 0.2) is 12.1 Å². The van der Waals surface area contributed by atoms with E-state index in [1.807, 2.05) is 0 Å². The molecule has 0 aliphatic heterocycles. The molecule has 0 aliphatic rings. The van der Waals surface area contributed by atoms with Gasteiger partial charge in [0, 0.05) is 6.07 Å². The highest BCUT2D eigenvalue weighted by Gasteiger charge is 2.34. The van der Waals surface area contributed by atoms with Crippen molar-refractivity contribution in [2.75, 3.05) is 5.73 Å². The Kier molecular flexibility index (Phi) is 2.30. The van der Waals surface area contributed by atoms with E-state index in [4.69, 9.17) is 22.4 Å². The highest BCUT2D eigenvalue weighted by atomic mass is 35.5. The van der Waals surface area contributed by atoms with Crippen LogP contribution in [0.25, 0.3) is 0 Å². The fraction of sp³-hybridized carbons (Fsp3) is 0.143. The van der Waals surface area contributed by atoms with Crippen LogP contribution in [-0.4, -0.2) is 5.11 Å². The van der Waals surface area contributed by atoms with Crippen molar-refractivity contribution < 1.29 is 18.3 Å². The summed E-state index contributed by atoms with van der Waals surface area (Å²) in [5, 5.41) is 8.53. The Balaban J connectivity index is 3.37. The van der Waals surface area contributed by atoms with Crippen LogP contribution in [0.3, 0.4) is 0 Å². The molecule has 1 aromatic rings. The van der Waals surface area contributed by atoms with E-state index in [1.54, 1.807) is 0 Å². The minimum absolute atomic E-state index is 0.313. The summed E-state index contributed by atoms with van der Waals surface area (Å²) >= 11 is 5.34. The Morgan fingerprint density at radius 3 is 2.31 bits per heavy atom. The maximum absolute atomic E-state index is 12.2. The van der Waals surface area contributed by atoms with E-state index in [-0.39, 0.29) is 5.02 Å². The number of phenols is 1. The number of aromatic hydroxyl groups is 1. The minimum atomic E-state index is -4.60. The summed E-state index contributed by atoms with van der Waals surface area (Å²) in [5.41, 5.74) is 3.37. The van der Waals surface area contributed by atoms with Crippen molar-refractivity contribution in [3.8, 4) is 5.75 Å². The topological polar surface area (TPSA) is 46.2 Å². The van der Waals surface area contributed by atoms with Crippen molar-refractivity contribution in [2.45, 2.75) is 6.18 Å². The predicted molar refractivity (Wildman–Crippen MR) is 42.5 cm³/mol. The van der Waals surface area contributed by atoms with Gasteiger partial charge in [0.05, 0.1) is 16.3 Å². The third-order valence-corrected chi connectivity index (χ3v) is 1.73. The third kappa shape index (κ3) is 1.98. The van der Waals surface area contributed by atoms with E-state index in [2.05, 4.69) is 0 Å². The summed E-state index contributed by atoms with van der Waals surface area (Å²) in [4.78, 5) is 0. The summed E-state index contributed by atoms with van der Waals surface area (Å²) < 4.78 is 36.5. The van der Waals surface area contributed by atoms with Gasteiger partial charge in [0.1, 0.15) is 5.75 Å². The Hall–Kier alpha value is -1.10. The Morgan fingerprint density at radius 1 is 1.31 bits per heavy atom. The number of phenolic OH excluding ortho intramolecular Hbond substituents is 1. The molecule has 3 N–H and O–H groups in total. The zero-order valence-electron chi connectivity index (χ0n) is 6.19. The smallest absolute Gasteiger partial charge is 0.418 e. The van der Waals surface area contributed by atoms with Gasteiger partial charge in [0.2, 0.25) is 0 Å². The summed E-state index contributed by atoms with van der Waals surface area (Å²) in [5.74, 6) is -0.563. The van der Waals surface area contributed by atoms with Gasteiger partial charge in [-0.25, -0.2) is 0 Å². The van der Waals surface area contributed by atoms with Gasteiger partial charge >= 0.3 is 6.18 Å². The summed E-state index contributed by atoms with van der Waals surface area (Å²) in [6.07, 6.45) is -4.60. The lowest BCUT2D eigenvalue weighted by molar-refractivity contribution is -0.137. The second kappa shape index (κ2) is 2.99. The molecule has 13 heavy (non-hydrogen) atoms. The van der Waals surface area contributed by atoms with Gasteiger partial charge in [-0.3, -0.25) is 0 Å². The fourth-order valence-electron chi connectivity index (χ4n) is 0.838. The molecule has 0 radical (unpaired) electrons. The molecule has 0 unspecified atom stereocenters. The molecule has 0 spiro atoms. The predicted octanol–water partition coefficient (Wildman–Crippen LogP) is 2.65. The van der Waals surface area contributed by atoms with Crippen molar-refractivity contribution in [3.63, 3.8) is 0 Å². The van der Waals surface area contributed by atoms with Crippen molar-refractivity contribution in [1.82, 2.24) is 0 Å². The molecule has 0 atom stereocenters. The van der Waals surface area contributed by atoms with Crippen LogP contribution in [0.4, 0.5) is 18.9 Å². The number of halogens is 4. The summed E-state index contributed by atoms with van der Waals surface area (Å²) in [7, 11) is 0. The van der Waals surface area contributed by atoms with Gasteiger partial charge in [-0.1, -0.05) is 11.6 Å². The van der Waals surface area contributed by atoms with Crippen LogP contribution >= 0.6 is 11.6 Å². The molecule has 0 amide bonds. The van der Waals surface area contributed by atoms with Gasteiger partial charge in [0.25, 0.3) is 0 Å². The maximum atomic E-state index is 12.2. The molecule has 0 saturated heterocycles. The first-order valence-corrected chi connectivity index (χ1v) is 3.55. The molecular weight excluding hydrogens is 207 g/mol. The van der Waals surface area contributed by atoms with Crippen molar-refractivity contribution in [3.05, 3.63) is 22.7 Å². The van der Waals surface area contributed by atoms with E-state index >= 15 is 0 Å². The first kappa shape index (κ1) is 9.98. The average molecular weight is 212 g/mol. The Labute approximate surface area is 76.7 Å². The fourth-order valence-corrected chi connectivity index (χ4v) is 1.05. The molecule has 1 rings (SSSR count). The number of alkyl halides is 3. The number of hydrogen-bond donors (Lipinski definition) is 2. The lowest BCUT2D eigenvalue weighted by Crippen LogP contribution is -2.08. The number of rotatable bonds is 0. The molecule has 0 aromatic heterocycles.